The lowest BCUT2D eigenvalue weighted by molar-refractivity contribution is -0.136. The lowest BCUT2D eigenvalue weighted by atomic mass is 10.1. The molecule has 2 rings (SSSR count). The molecule has 0 bridgehead atoms. The Morgan fingerprint density at radius 1 is 0.432 bits per heavy atom. The second-order valence-electron chi connectivity index (χ2n) is 7.17. The predicted molar refractivity (Wildman–Crippen MR) is 88.2 cm³/mol. The van der Waals surface area contributed by atoms with E-state index >= 15 is 0 Å². The van der Waals surface area contributed by atoms with Crippen LogP contribution in [0, 0.1) is 58.2 Å². The fourth-order valence-electron chi connectivity index (χ4n) is 3.19. The summed E-state index contributed by atoms with van der Waals surface area (Å²) < 4.78 is 242. The predicted octanol–water partition coefficient (Wildman–Crippen LogP) is 7.18. The van der Waals surface area contributed by atoms with Crippen molar-refractivity contribution in [1.82, 2.24) is 0 Å². The van der Waals surface area contributed by atoms with E-state index in [0.717, 1.165) is 0 Å². The molecule has 208 valence electrons. The zero-order chi connectivity index (χ0) is 29.0. The molecule has 0 amide bonds. The van der Waals surface area contributed by atoms with Gasteiger partial charge in [0.25, 0.3) is 0 Å². The summed E-state index contributed by atoms with van der Waals surface area (Å²) in [6.07, 6.45) is -18.4. The molecule has 0 aliphatic carbocycles. The molecule has 0 saturated heterocycles. The second-order valence-corrected chi connectivity index (χ2v) is 9.49. The van der Waals surface area contributed by atoms with Crippen molar-refractivity contribution < 1.29 is 78.7 Å². The molecule has 0 heterocycles. The van der Waals surface area contributed by atoms with E-state index in [1.807, 2.05) is 0 Å². The van der Waals surface area contributed by atoms with Crippen LogP contribution in [0.1, 0.15) is 34.5 Å². The topological polar surface area (TPSA) is 34.1 Å². The average molecular weight is 590 g/mol. The van der Waals surface area contributed by atoms with E-state index in [0.29, 0.717) is 0 Å². The minimum Gasteiger partial charge on any atom is -0.228 e. The lowest BCUT2D eigenvalue weighted by Gasteiger charge is -2.28. The molecule has 0 N–H and O–H groups in total. The number of halogens is 16. The van der Waals surface area contributed by atoms with E-state index in [4.69, 9.17) is 0 Å². The third-order valence-electron chi connectivity index (χ3n) is 4.76. The summed E-state index contributed by atoms with van der Waals surface area (Å²) in [5.41, 5.74) is -5.77. The second kappa shape index (κ2) is 9.86. The minimum atomic E-state index is -6.93. The van der Waals surface area contributed by atoms with E-state index in [2.05, 4.69) is 0 Å². The van der Waals surface area contributed by atoms with Crippen molar-refractivity contribution in [3.63, 3.8) is 0 Å². The normalized spacial score (nSPS) is 14.7. The number of rotatable bonds is 6. The highest BCUT2D eigenvalue weighted by atomic mass is 32.2. The van der Waals surface area contributed by atoms with Gasteiger partial charge in [0.05, 0.1) is 12.8 Å². The number of benzene rings is 2. The largest absolute Gasteiger partial charge is 0.390 e. The summed E-state index contributed by atoms with van der Waals surface area (Å²) in [7, 11) is -6.93. The molecule has 19 heteroatoms. The van der Waals surface area contributed by atoms with Gasteiger partial charge in [-0.2, -0.15) is 26.3 Å². The smallest absolute Gasteiger partial charge is 0.228 e. The molecule has 2 aromatic rings. The molecule has 0 aromatic heterocycles. The van der Waals surface area contributed by atoms with Gasteiger partial charge >= 0.3 is 12.4 Å². The number of hydrogen-bond acceptors (Lipinski definition) is 2. The van der Waals surface area contributed by atoms with E-state index in [1.54, 1.807) is 0 Å². The van der Waals surface area contributed by atoms with Crippen LogP contribution in [-0.2, 0) is 9.84 Å². The number of alkyl halides is 6. The van der Waals surface area contributed by atoms with Crippen molar-refractivity contribution in [2.45, 2.75) is 35.7 Å². The Labute approximate surface area is 194 Å². The van der Waals surface area contributed by atoms with Crippen LogP contribution in [0.2, 0.25) is 0 Å². The Morgan fingerprint density at radius 3 is 0.811 bits per heavy atom. The molecule has 2 unspecified atom stereocenters. The fourth-order valence-corrected chi connectivity index (χ4v) is 5.50. The SMILES string of the molecule is O=S(=O)(C(CC(F)(F)F)c1c(F)c(F)c(F)c(F)c1F)C(CC(F)(F)F)c1c(F)c(F)c(F)c(F)c1F. The summed E-state index contributed by atoms with van der Waals surface area (Å²) >= 11 is 0. The molecule has 37 heavy (non-hydrogen) atoms. The van der Waals surface area contributed by atoms with E-state index < -0.39 is 115 Å². The Balaban J connectivity index is 3.06. The molecular formula is C18H6F16O2S. The molecule has 0 spiro atoms. The molecule has 2 nitrogen and oxygen atoms in total. The molecule has 0 fully saturated rings. The number of hydrogen-bond donors (Lipinski definition) is 0. The van der Waals surface area contributed by atoms with Crippen molar-refractivity contribution in [2.24, 2.45) is 0 Å². The van der Waals surface area contributed by atoms with Crippen LogP contribution < -0.4 is 0 Å². The van der Waals surface area contributed by atoms with Gasteiger partial charge in [0.15, 0.2) is 56.4 Å². The van der Waals surface area contributed by atoms with Gasteiger partial charge in [-0.05, 0) is 0 Å². The summed E-state index contributed by atoms with van der Waals surface area (Å²) in [6, 6.07) is 0. The van der Waals surface area contributed by atoms with Crippen molar-refractivity contribution in [3.8, 4) is 0 Å². The first-order valence-electron chi connectivity index (χ1n) is 8.93. The maximum Gasteiger partial charge on any atom is 0.390 e. The highest BCUT2D eigenvalue weighted by molar-refractivity contribution is 7.91. The number of sulfone groups is 1. The molecule has 0 saturated carbocycles. The fraction of sp³-hybridized carbons (Fsp3) is 0.333. The van der Waals surface area contributed by atoms with Gasteiger partial charge in [0, 0.05) is 11.1 Å². The van der Waals surface area contributed by atoms with Crippen molar-refractivity contribution >= 4 is 9.84 Å². The molecular weight excluding hydrogens is 584 g/mol. The van der Waals surface area contributed by atoms with E-state index in [9.17, 15) is 78.7 Å². The summed E-state index contributed by atoms with van der Waals surface area (Å²) in [6.45, 7) is 0. The van der Waals surface area contributed by atoms with Gasteiger partial charge in [-0.1, -0.05) is 0 Å². The van der Waals surface area contributed by atoms with Crippen LogP contribution >= 0.6 is 0 Å². The van der Waals surface area contributed by atoms with Gasteiger partial charge in [-0.15, -0.1) is 0 Å². The minimum absolute atomic E-state index is 2.88. The Bertz CT molecular complexity index is 1180. The molecule has 2 aromatic carbocycles. The van der Waals surface area contributed by atoms with Crippen LogP contribution in [0.5, 0.6) is 0 Å². The quantitative estimate of drug-likeness (QED) is 0.203. The van der Waals surface area contributed by atoms with Crippen molar-refractivity contribution in [1.29, 1.82) is 0 Å². The van der Waals surface area contributed by atoms with Gasteiger partial charge in [0.1, 0.15) is 10.5 Å². The Morgan fingerprint density at radius 2 is 0.622 bits per heavy atom. The summed E-state index contributed by atoms with van der Waals surface area (Å²) in [4.78, 5) is 0. The molecule has 0 aliphatic heterocycles. The monoisotopic (exact) mass is 590 g/mol. The zero-order valence-electron chi connectivity index (χ0n) is 16.8. The van der Waals surface area contributed by atoms with Gasteiger partial charge in [0.2, 0.25) is 11.6 Å². The maximum atomic E-state index is 14.2. The average Bonchev–Trinajstić information content (AvgIpc) is 2.76. The molecule has 2 atom stereocenters. The van der Waals surface area contributed by atoms with Crippen LogP contribution in [0.4, 0.5) is 70.2 Å². The standard InChI is InChI=1S/C18H6F16O2S/c19-7-5(8(20)12(24)15(27)11(7)23)3(1-17(29,30)31)37(35,36)4(2-18(32,33)34)6-9(21)13(25)16(28)14(26)10(6)22/h3-4H,1-2H2. The van der Waals surface area contributed by atoms with Crippen LogP contribution in [0.15, 0.2) is 0 Å². The van der Waals surface area contributed by atoms with Crippen LogP contribution in [0.3, 0.4) is 0 Å². The van der Waals surface area contributed by atoms with Gasteiger partial charge < -0.3 is 0 Å². The van der Waals surface area contributed by atoms with Crippen LogP contribution in [0.25, 0.3) is 0 Å². The summed E-state index contributed by atoms with van der Waals surface area (Å²) in [5.74, 6) is -31.4. The maximum absolute atomic E-state index is 14.2. The lowest BCUT2D eigenvalue weighted by Crippen LogP contribution is -2.32. The first kappa shape index (κ1) is 30.5. The van der Waals surface area contributed by atoms with Crippen LogP contribution in [-0.4, -0.2) is 20.8 Å². The third-order valence-corrected chi connectivity index (χ3v) is 7.15. The Kier molecular flexibility index (Phi) is 8.13. The Hall–Kier alpha value is -2.73. The zero-order valence-corrected chi connectivity index (χ0v) is 17.7. The van der Waals surface area contributed by atoms with Gasteiger partial charge in [-0.3, -0.25) is 0 Å². The third kappa shape index (κ3) is 5.74. The molecule has 0 radical (unpaired) electrons. The first-order chi connectivity index (χ1) is 16.5. The highest BCUT2D eigenvalue weighted by Gasteiger charge is 2.52. The highest BCUT2D eigenvalue weighted by Crippen LogP contribution is 2.48. The van der Waals surface area contributed by atoms with Gasteiger partial charge in [-0.25, -0.2) is 52.3 Å². The van der Waals surface area contributed by atoms with Crippen molar-refractivity contribution in [2.75, 3.05) is 0 Å². The summed E-state index contributed by atoms with van der Waals surface area (Å²) in [5, 5.41) is -8.50. The van der Waals surface area contributed by atoms with E-state index in [-0.39, 0.29) is 0 Å². The first-order valence-corrected chi connectivity index (χ1v) is 10.5. The van der Waals surface area contributed by atoms with Crippen molar-refractivity contribution in [3.05, 3.63) is 69.3 Å². The molecule has 0 aliphatic rings. The van der Waals surface area contributed by atoms with E-state index in [1.165, 1.54) is 0 Å².